The van der Waals surface area contributed by atoms with Gasteiger partial charge in [0, 0.05) is 29.4 Å². The second-order valence-corrected chi connectivity index (χ2v) is 7.89. The van der Waals surface area contributed by atoms with Crippen molar-refractivity contribution in [2.24, 2.45) is 7.05 Å². The molecule has 0 spiro atoms. The highest BCUT2D eigenvalue weighted by Crippen LogP contribution is 2.50. The number of rotatable bonds is 1. The van der Waals surface area contributed by atoms with E-state index in [0.717, 1.165) is 22.4 Å². The van der Waals surface area contributed by atoms with Gasteiger partial charge in [0.05, 0.1) is 10.9 Å². The summed E-state index contributed by atoms with van der Waals surface area (Å²) < 4.78 is 8.80. The fourth-order valence-corrected chi connectivity index (χ4v) is 4.36. The number of hydrogen-bond acceptors (Lipinski definition) is 2. The lowest BCUT2D eigenvalue weighted by Gasteiger charge is -2.24. The molecule has 1 aliphatic heterocycles. The van der Waals surface area contributed by atoms with Crippen LogP contribution in [0, 0.1) is 13.8 Å². The molecule has 0 fully saturated rings. The number of benzene rings is 2. The van der Waals surface area contributed by atoms with Crippen molar-refractivity contribution >= 4 is 21.5 Å². The molecule has 134 valence electrons. The van der Waals surface area contributed by atoms with Crippen LogP contribution in [0.2, 0.25) is 0 Å². The zero-order valence-electron chi connectivity index (χ0n) is 16.4. The summed E-state index contributed by atoms with van der Waals surface area (Å²) in [5.41, 5.74) is 6.13. The average molecular weight is 355 g/mol. The van der Waals surface area contributed by atoms with Gasteiger partial charge in [-0.25, -0.2) is 4.57 Å². The van der Waals surface area contributed by atoms with Crippen LogP contribution in [0.15, 0.2) is 42.9 Å². The second-order valence-electron chi connectivity index (χ2n) is 7.89. The van der Waals surface area contributed by atoms with Crippen LogP contribution in [-0.2, 0) is 7.05 Å². The monoisotopic (exact) mass is 355 g/mol. The molecular formula is C24H23N2O+. The first-order valence-corrected chi connectivity index (χ1v) is 9.48. The second kappa shape index (κ2) is 5.53. The highest BCUT2D eigenvalue weighted by molar-refractivity contribution is 6.06. The van der Waals surface area contributed by atoms with Gasteiger partial charge in [0.25, 0.3) is 0 Å². The number of fused-ring (bicyclic) bond motifs is 3. The Morgan fingerprint density at radius 1 is 1.04 bits per heavy atom. The van der Waals surface area contributed by atoms with Crippen molar-refractivity contribution < 1.29 is 9.30 Å². The number of pyridine rings is 2. The van der Waals surface area contributed by atoms with Crippen molar-refractivity contribution in [3.63, 3.8) is 0 Å². The maximum atomic E-state index is 6.57. The smallest absolute Gasteiger partial charge is 0.228 e. The van der Waals surface area contributed by atoms with Gasteiger partial charge >= 0.3 is 0 Å². The molecule has 27 heavy (non-hydrogen) atoms. The lowest BCUT2D eigenvalue weighted by Crippen LogP contribution is -2.32. The van der Waals surface area contributed by atoms with Crippen LogP contribution in [-0.4, -0.2) is 4.98 Å². The lowest BCUT2D eigenvalue weighted by atomic mass is 9.89. The van der Waals surface area contributed by atoms with E-state index in [-0.39, 0.29) is 0 Å². The van der Waals surface area contributed by atoms with Crippen LogP contribution in [0.5, 0.6) is 11.5 Å². The van der Waals surface area contributed by atoms with E-state index in [2.05, 4.69) is 74.8 Å². The molecule has 4 aromatic rings. The predicted octanol–water partition coefficient (Wildman–Crippen LogP) is 5.73. The first-order chi connectivity index (χ1) is 13.0. The van der Waals surface area contributed by atoms with Crippen LogP contribution in [0.4, 0.5) is 0 Å². The molecule has 3 heteroatoms. The standard InChI is InChI=1S/C24H23N2O/c1-13(2)17-10-16-7-9-26(5)23-21-14(3)18-6-8-25-12-19(18)15(4)24(21)27-20(11-17)22(16)23/h6-13H,1-5H3/q+1. The Kier molecular flexibility index (Phi) is 3.33. The minimum absolute atomic E-state index is 0.455. The highest BCUT2D eigenvalue weighted by atomic mass is 16.5. The summed E-state index contributed by atoms with van der Waals surface area (Å²) in [5, 5.41) is 4.84. The van der Waals surface area contributed by atoms with Gasteiger partial charge in [0.15, 0.2) is 6.20 Å². The van der Waals surface area contributed by atoms with Gasteiger partial charge in [-0.3, -0.25) is 4.98 Å². The molecule has 0 saturated heterocycles. The van der Waals surface area contributed by atoms with E-state index < -0.39 is 0 Å². The third-order valence-corrected chi connectivity index (χ3v) is 5.91. The zero-order chi connectivity index (χ0) is 18.9. The van der Waals surface area contributed by atoms with E-state index in [1.807, 2.05) is 12.4 Å². The number of ether oxygens (including phenoxy) is 1. The Bertz CT molecular complexity index is 1250. The Hall–Kier alpha value is -2.94. The Labute approximate surface area is 159 Å². The molecule has 0 radical (unpaired) electrons. The van der Waals surface area contributed by atoms with Gasteiger partial charge in [0.1, 0.15) is 18.5 Å². The normalized spacial score (nSPS) is 12.5. The summed E-state index contributed by atoms with van der Waals surface area (Å²) in [6.07, 6.45) is 5.97. The molecule has 3 nitrogen and oxygen atoms in total. The van der Waals surface area contributed by atoms with Crippen LogP contribution < -0.4 is 9.30 Å². The Morgan fingerprint density at radius 3 is 2.63 bits per heavy atom. The molecule has 2 aromatic carbocycles. The van der Waals surface area contributed by atoms with Crippen LogP contribution >= 0.6 is 0 Å². The number of hydrogen-bond donors (Lipinski definition) is 0. The van der Waals surface area contributed by atoms with Crippen molar-refractivity contribution in [1.82, 2.24) is 4.98 Å². The van der Waals surface area contributed by atoms with Crippen molar-refractivity contribution in [2.75, 3.05) is 0 Å². The SMILES string of the molecule is Cc1c2c(c(C)c3ccncc13)-c1c3c(cc(C(C)C)cc3cc[n+]1C)O2. The van der Waals surface area contributed by atoms with Gasteiger partial charge in [0.2, 0.25) is 5.69 Å². The summed E-state index contributed by atoms with van der Waals surface area (Å²) in [4.78, 5) is 4.34. The van der Waals surface area contributed by atoms with Crippen molar-refractivity contribution in [3.8, 4) is 22.8 Å². The first-order valence-electron chi connectivity index (χ1n) is 9.48. The molecule has 0 amide bonds. The molecule has 0 aliphatic carbocycles. The summed E-state index contributed by atoms with van der Waals surface area (Å²) in [6, 6.07) is 8.81. The minimum Gasteiger partial charge on any atom is -0.455 e. The summed E-state index contributed by atoms with van der Waals surface area (Å²) >= 11 is 0. The summed E-state index contributed by atoms with van der Waals surface area (Å²) in [7, 11) is 2.12. The average Bonchev–Trinajstić information content (AvgIpc) is 2.67. The van der Waals surface area contributed by atoms with Crippen molar-refractivity contribution in [2.45, 2.75) is 33.6 Å². The van der Waals surface area contributed by atoms with Crippen molar-refractivity contribution in [3.05, 3.63) is 59.5 Å². The topological polar surface area (TPSA) is 26.0 Å². The largest absolute Gasteiger partial charge is 0.455 e. The zero-order valence-corrected chi connectivity index (χ0v) is 16.4. The molecule has 2 aromatic heterocycles. The van der Waals surface area contributed by atoms with Gasteiger partial charge in [-0.15, -0.1) is 0 Å². The van der Waals surface area contributed by atoms with Gasteiger partial charge < -0.3 is 4.74 Å². The maximum Gasteiger partial charge on any atom is 0.228 e. The summed E-state index contributed by atoms with van der Waals surface area (Å²) in [5.74, 6) is 2.38. The van der Waals surface area contributed by atoms with E-state index in [1.54, 1.807) is 0 Å². The Morgan fingerprint density at radius 2 is 1.85 bits per heavy atom. The molecule has 0 atom stereocenters. The highest BCUT2D eigenvalue weighted by Gasteiger charge is 2.32. The molecule has 5 rings (SSSR count). The van der Waals surface area contributed by atoms with Crippen LogP contribution in [0.25, 0.3) is 32.8 Å². The van der Waals surface area contributed by atoms with E-state index >= 15 is 0 Å². The summed E-state index contributed by atoms with van der Waals surface area (Å²) in [6.45, 7) is 8.78. The fraction of sp³-hybridized carbons (Fsp3) is 0.250. The van der Waals surface area contributed by atoms with Crippen molar-refractivity contribution in [1.29, 1.82) is 0 Å². The number of aryl methyl sites for hydroxylation is 3. The fourth-order valence-electron chi connectivity index (χ4n) is 4.36. The van der Waals surface area contributed by atoms with E-state index in [4.69, 9.17) is 4.74 Å². The van der Waals surface area contributed by atoms with Crippen LogP contribution in [0.3, 0.4) is 0 Å². The van der Waals surface area contributed by atoms with Gasteiger partial charge in [-0.05, 0) is 53.8 Å². The Balaban J connectivity index is 1.98. The third kappa shape index (κ3) is 2.14. The maximum absolute atomic E-state index is 6.57. The lowest BCUT2D eigenvalue weighted by molar-refractivity contribution is -0.659. The molecule has 0 unspecified atom stereocenters. The molecule has 0 bridgehead atoms. The molecule has 0 N–H and O–H groups in total. The van der Waals surface area contributed by atoms with Crippen LogP contribution in [0.1, 0.15) is 36.5 Å². The molecule has 0 saturated carbocycles. The van der Waals surface area contributed by atoms with E-state index in [9.17, 15) is 0 Å². The van der Waals surface area contributed by atoms with Gasteiger partial charge in [-0.2, -0.15) is 0 Å². The quantitative estimate of drug-likeness (QED) is 0.359. The molecular weight excluding hydrogens is 332 g/mol. The number of nitrogens with zero attached hydrogens (tertiary/aromatic N) is 2. The van der Waals surface area contributed by atoms with E-state index in [1.165, 1.54) is 38.5 Å². The first kappa shape index (κ1) is 16.2. The third-order valence-electron chi connectivity index (χ3n) is 5.91. The van der Waals surface area contributed by atoms with Gasteiger partial charge in [-0.1, -0.05) is 19.9 Å². The molecule has 3 heterocycles. The van der Waals surface area contributed by atoms with E-state index in [0.29, 0.717) is 5.92 Å². The minimum atomic E-state index is 0.455. The predicted molar refractivity (Wildman–Crippen MR) is 109 cm³/mol. The number of aromatic nitrogens is 2. The molecule has 1 aliphatic rings.